The molecule has 4 heteroatoms. The summed E-state index contributed by atoms with van der Waals surface area (Å²) in [5.74, 6) is 1.90. The molecule has 2 N–H and O–H groups in total. The Labute approximate surface area is 101 Å². The van der Waals surface area contributed by atoms with E-state index in [0.717, 1.165) is 36.8 Å². The maximum Gasteiger partial charge on any atom is 0.127 e. The van der Waals surface area contributed by atoms with Crippen molar-refractivity contribution in [1.29, 1.82) is 0 Å². The van der Waals surface area contributed by atoms with Crippen molar-refractivity contribution in [2.75, 3.05) is 23.7 Å². The van der Waals surface area contributed by atoms with Gasteiger partial charge in [0.15, 0.2) is 0 Å². The number of nitrogens with one attached hydrogen (secondary N) is 2. The number of hydrogen-bond donors (Lipinski definition) is 2. The molecule has 0 saturated carbocycles. The lowest BCUT2D eigenvalue weighted by molar-refractivity contribution is 0.513. The maximum atomic E-state index is 5.27. The van der Waals surface area contributed by atoms with E-state index < -0.39 is 0 Å². The van der Waals surface area contributed by atoms with E-state index in [2.05, 4.69) is 22.5 Å². The summed E-state index contributed by atoms with van der Waals surface area (Å²) in [5.41, 5.74) is 1.07. The summed E-state index contributed by atoms with van der Waals surface area (Å²) in [6.45, 7) is 3.78. The van der Waals surface area contributed by atoms with Gasteiger partial charge in [0.25, 0.3) is 0 Å². The standard InChI is InChI=1S/C13H17N3O/c1-2-14-13-10-11(5-7-16-13)15-8-6-12-4-3-9-17-12/h3-5,7,9-10H,2,6,8H2,1H3,(H2,14,15,16). The van der Waals surface area contributed by atoms with E-state index in [0.29, 0.717) is 0 Å². The van der Waals surface area contributed by atoms with Crippen LogP contribution in [0, 0.1) is 0 Å². The number of pyridine rings is 1. The molecule has 0 radical (unpaired) electrons. The Hall–Kier alpha value is -1.97. The minimum Gasteiger partial charge on any atom is -0.469 e. The number of nitrogens with zero attached hydrogens (tertiary/aromatic N) is 1. The van der Waals surface area contributed by atoms with Gasteiger partial charge in [-0.1, -0.05) is 0 Å². The first kappa shape index (κ1) is 11.5. The van der Waals surface area contributed by atoms with Gasteiger partial charge in [-0.15, -0.1) is 0 Å². The summed E-state index contributed by atoms with van der Waals surface area (Å²) in [5, 5.41) is 6.52. The van der Waals surface area contributed by atoms with Gasteiger partial charge in [-0.3, -0.25) is 0 Å². The Morgan fingerprint density at radius 1 is 1.29 bits per heavy atom. The van der Waals surface area contributed by atoms with Crippen LogP contribution in [0.5, 0.6) is 0 Å². The topological polar surface area (TPSA) is 50.1 Å². The van der Waals surface area contributed by atoms with Crippen LogP contribution in [0.3, 0.4) is 0 Å². The van der Waals surface area contributed by atoms with Crippen molar-refractivity contribution in [3.8, 4) is 0 Å². The van der Waals surface area contributed by atoms with Crippen molar-refractivity contribution in [3.05, 3.63) is 42.5 Å². The second-order valence-corrected chi connectivity index (χ2v) is 3.72. The Balaban J connectivity index is 1.84. The molecule has 2 heterocycles. The second-order valence-electron chi connectivity index (χ2n) is 3.72. The predicted octanol–water partition coefficient (Wildman–Crippen LogP) is 2.76. The molecular formula is C13H17N3O. The highest BCUT2D eigenvalue weighted by Crippen LogP contribution is 2.11. The third-order valence-corrected chi connectivity index (χ3v) is 2.40. The molecule has 0 aliphatic carbocycles. The van der Waals surface area contributed by atoms with Gasteiger partial charge in [0, 0.05) is 37.5 Å². The third kappa shape index (κ3) is 3.52. The molecular weight excluding hydrogens is 214 g/mol. The van der Waals surface area contributed by atoms with E-state index in [4.69, 9.17) is 4.42 Å². The highest BCUT2D eigenvalue weighted by molar-refractivity contribution is 5.51. The van der Waals surface area contributed by atoms with Crippen molar-refractivity contribution < 1.29 is 4.42 Å². The second kappa shape index (κ2) is 5.94. The van der Waals surface area contributed by atoms with Crippen LogP contribution in [0.15, 0.2) is 41.1 Å². The van der Waals surface area contributed by atoms with Gasteiger partial charge in [0.1, 0.15) is 11.6 Å². The zero-order chi connectivity index (χ0) is 11.9. The molecule has 0 atom stereocenters. The van der Waals surface area contributed by atoms with E-state index in [9.17, 15) is 0 Å². The van der Waals surface area contributed by atoms with Gasteiger partial charge in [0.05, 0.1) is 6.26 Å². The third-order valence-electron chi connectivity index (χ3n) is 2.40. The lowest BCUT2D eigenvalue weighted by Crippen LogP contribution is -2.05. The molecule has 0 aliphatic heterocycles. The number of hydrogen-bond acceptors (Lipinski definition) is 4. The minimum absolute atomic E-state index is 0.850. The average Bonchev–Trinajstić information content (AvgIpc) is 2.83. The Bertz CT molecular complexity index is 440. The average molecular weight is 231 g/mol. The molecule has 0 amide bonds. The quantitative estimate of drug-likeness (QED) is 0.802. The Morgan fingerprint density at radius 2 is 2.24 bits per heavy atom. The zero-order valence-corrected chi connectivity index (χ0v) is 9.94. The van der Waals surface area contributed by atoms with Crippen LogP contribution in [0.1, 0.15) is 12.7 Å². The first-order chi connectivity index (χ1) is 8.38. The van der Waals surface area contributed by atoms with Gasteiger partial charge < -0.3 is 15.1 Å². The highest BCUT2D eigenvalue weighted by atomic mass is 16.3. The van der Waals surface area contributed by atoms with Crippen molar-refractivity contribution in [2.45, 2.75) is 13.3 Å². The van der Waals surface area contributed by atoms with E-state index in [1.165, 1.54) is 0 Å². The van der Waals surface area contributed by atoms with Crippen LogP contribution in [0.4, 0.5) is 11.5 Å². The molecule has 0 spiro atoms. The molecule has 0 bridgehead atoms. The van der Waals surface area contributed by atoms with Gasteiger partial charge >= 0.3 is 0 Å². The summed E-state index contributed by atoms with van der Waals surface area (Å²) in [6.07, 6.45) is 4.38. The van der Waals surface area contributed by atoms with Crippen molar-refractivity contribution in [2.24, 2.45) is 0 Å². The van der Waals surface area contributed by atoms with Crippen LogP contribution < -0.4 is 10.6 Å². The molecule has 17 heavy (non-hydrogen) atoms. The van der Waals surface area contributed by atoms with Gasteiger partial charge in [0.2, 0.25) is 0 Å². The molecule has 4 nitrogen and oxygen atoms in total. The normalized spacial score (nSPS) is 10.2. The monoisotopic (exact) mass is 231 g/mol. The minimum atomic E-state index is 0.850. The summed E-state index contributed by atoms with van der Waals surface area (Å²) in [6, 6.07) is 7.86. The van der Waals surface area contributed by atoms with E-state index in [-0.39, 0.29) is 0 Å². The fourth-order valence-electron chi connectivity index (χ4n) is 1.60. The van der Waals surface area contributed by atoms with Crippen LogP contribution in [-0.4, -0.2) is 18.1 Å². The Kier molecular flexibility index (Phi) is 4.02. The van der Waals surface area contributed by atoms with E-state index in [1.54, 1.807) is 12.5 Å². The molecule has 0 unspecified atom stereocenters. The van der Waals surface area contributed by atoms with E-state index in [1.807, 2.05) is 24.3 Å². The molecule has 0 fully saturated rings. The van der Waals surface area contributed by atoms with Crippen molar-refractivity contribution in [3.63, 3.8) is 0 Å². The SMILES string of the molecule is CCNc1cc(NCCc2ccco2)ccn1. The van der Waals surface area contributed by atoms with Gasteiger partial charge in [-0.25, -0.2) is 4.98 Å². The number of anilines is 2. The zero-order valence-electron chi connectivity index (χ0n) is 9.94. The summed E-state index contributed by atoms with van der Waals surface area (Å²) < 4.78 is 5.27. The van der Waals surface area contributed by atoms with E-state index >= 15 is 0 Å². The van der Waals surface area contributed by atoms with Crippen LogP contribution >= 0.6 is 0 Å². The summed E-state index contributed by atoms with van der Waals surface area (Å²) in [4.78, 5) is 4.22. The summed E-state index contributed by atoms with van der Waals surface area (Å²) in [7, 11) is 0. The van der Waals surface area contributed by atoms with Crippen LogP contribution in [0.2, 0.25) is 0 Å². The van der Waals surface area contributed by atoms with Gasteiger partial charge in [-0.2, -0.15) is 0 Å². The smallest absolute Gasteiger partial charge is 0.127 e. The van der Waals surface area contributed by atoms with Crippen LogP contribution in [-0.2, 0) is 6.42 Å². The number of furan rings is 1. The molecule has 0 saturated heterocycles. The van der Waals surface area contributed by atoms with Gasteiger partial charge in [-0.05, 0) is 25.1 Å². The molecule has 0 aromatic carbocycles. The lowest BCUT2D eigenvalue weighted by atomic mass is 10.3. The fourth-order valence-corrected chi connectivity index (χ4v) is 1.60. The predicted molar refractivity (Wildman–Crippen MR) is 69.3 cm³/mol. The van der Waals surface area contributed by atoms with Crippen molar-refractivity contribution >= 4 is 11.5 Å². The molecule has 2 aromatic heterocycles. The molecule has 90 valence electrons. The highest BCUT2D eigenvalue weighted by Gasteiger charge is 1.97. The first-order valence-corrected chi connectivity index (χ1v) is 5.84. The fraction of sp³-hybridized carbons (Fsp3) is 0.308. The molecule has 0 aliphatic rings. The van der Waals surface area contributed by atoms with Crippen LogP contribution in [0.25, 0.3) is 0 Å². The first-order valence-electron chi connectivity index (χ1n) is 5.84. The maximum absolute atomic E-state index is 5.27. The Morgan fingerprint density at radius 3 is 3.00 bits per heavy atom. The molecule has 2 aromatic rings. The number of aromatic nitrogens is 1. The number of rotatable bonds is 6. The molecule has 2 rings (SSSR count). The summed E-state index contributed by atoms with van der Waals surface area (Å²) >= 11 is 0. The van der Waals surface area contributed by atoms with Crippen molar-refractivity contribution in [1.82, 2.24) is 4.98 Å². The lowest BCUT2D eigenvalue weighted by Gasteiger charge is -2.07. The largest absolute Gasteiger partial charge is 0.469 e.